The van der Waals surface area contributed by atoms with Gasteiger partial charge in [0.25, 0.3) is 0 Å². The van der Waals surface area contributed by atoms with Crippen LogP contribution in [-0.2, 0) is 19.1 Å². The second-order valence-corrected chi connectivity index (χ2v) is 9.73. The van der Waals surface area contributed by atoms with Crippen LogP contribution in [0.25, 0.3) is 0 Å². The molecule has 0 N–H and O–H groups in total. The zero-order valence-electron chi connectivity index (χ0n) is 17.3. The molecular weight excluding hydrogens is 352 g/mol. The molecule has 0 aromatic rings. The third kappa shape index (κ3) is 2.26. The molecule has 2 fully saturated rings. The summed E-state index contributed by atoms with van der Waals surface area (Å²) in [5.74, 6) is 0.601. The summed E-state index contributed by atoms with van der Waals surface area (Å²) in [6.07, 6.45) is 10.2. The molecule has 0 aromatic carbocycles. The van der Waals surface area contributed by atoms with Gasteiger partial charge in [0.05, 0.1) is 0 Å². The lowest BCUT2D eigenvalue weighted by Gasteiger charge is -2.57. The van der Waals surface area contributed by atoms with Crippen molar-refractivity contribution in [2.75, 3.05) is 0 Å². The Labute approximate surface area is 167 Å². The van der Waals surface area contributed by atoms with Gasteiger partial charge in [0.2, 0.25) is 0 Å². The highest BCUT2D eigenvalue weighted by Crippen LogP contribution is 2.68. The molecule has 6 atom stereocenters. The van der Waals surface area contributed by atoms with Crippen LogP contribution in [0.2, 0.25) is 0 Å². The zero-order valence-corrected chi connectivity index (χ0v) is 17.3. The van der Waals surface area contributed by atoms with E-state index in [1.807, 2.05) is 6.08 Å². The van der Waals surface area contributed by atoms with E-state index < -0.39 is 17.0 Å². The van der Waals surface area contributed by atoms with E-state index in [1.165, 1.54) is 13.8 Å². The van der Waals surface area contributed by atoms with Gasteiger partial charge in [-0.15, -0.1) is 0 Å². The lowest BCUT2D eigenvalue weighted by atomic mass is 9.48. The molecule has 0 amide bonds. The predicted octanol–water partition coefficient (Wildman–Crippen LogP) is 4.35. The molecule has 0 bridgehead atoms. The number of carbonyl (C=O) groups excluding carboxylic acids is 3. The number of hydrogen-bond donors (Lipinski definition) is 0. The van der Waals surface area contributed by atoms with Gasteiger partial charge in [-0.05, 0) is 73.0 Å². The van der Waals surface area contributed by atoms with Crippen LogP contribution in [0.1, 0.15) is 59.8 Å². The molecule has 0 saturated heterocycles. The van der Waals surface area contributed by atoms with E-state index >= 15 is 0 Å². The highest BCUT2D eigenvalue weighted by molar-refractivity contribution is 5.93. The fraction of sp³-hybridized carbons (Fsp3) is 0.625. The smallest absolute Gasteiger partial charge is 0.303 e. The fourth-order valence-electron chi connectivity index (χ4n) is 7.08. The number of allylic oxidation sites excluding steroid dienone is 4. The largest absolute Gasteiger partial charge is 0.446 e. The van der Waals surface area contributed by atoms with Crippen molar-refractivity contribution in [3.63, 3.8) is 0 Å². The monoisotopic (exact) mass is 382 g/mol. The second-order valence-electron chi connectivity index (χ2n) is 9.73. The summed E-state index contributed by atoms with van der Waals surface area (Å²) in [6, 6.07) is 0. The standard InChI is InChI=1S/C24H30O4/c1-14-12-21-19-7-6-17-13-18(27)8-10-22(17,4)20(19)9-11-23(21,5)24(14,15(2)25)28-16(3)26/h6-7,13,19-21H,1,8-12H2,2-5H3/t19-,20-,21+,22-,23+,24+/m1/s1. The average Bonchev–Trinajstić information content (AvgIpc) is 2.83. The van der Waals surface area contributed by atoms with Gasteiger partial charge in [0.15, 0.2) is 17.2 Å². The normalized spacial score (nSPS) is 44.3. The van der Waals surface area contributed by atoms with E-state index in [-0.39, 0.29) is 22.9 Å². The van der Waals surface area contributed by atoms with E-state index in [9.17, 15) is 14.4 Å². The number of hydrogen-bond acceptors (Lipinski definition) is 4. The fourth-order valence-corrected chi connectivity index (χ4v) is 7.08. The quantitative estimate of drug-likeness (QED) is 0.526. The van der Waals surface area contributed by atoms with Crippen molar-refractivity contribution in [3.8, 4) is 0 Å². The van der Waals surface area contributed by atoms with Gasteiger partial charge in [-0.3, -0.25) is 14.4 Å². The van der Waals surface area contributed by atoms with Crippen LogP contribution in [0.4, 0.5) is 0 Å². The summed E-state index contributed by atoms with van der Waals surface area (Å²) in [5.41, 5.74) is 0.223. The van der Waals surface area contributed by atoms with E-state index in [0.29, 0.717) is 24.7 Å². The van der Waals surface area contributed by atoms with Crippen LogP contribution < -0.4 is 0 Å². The number of fused-ring (bicyclic) bond motifs is 5. The first-order valence-corrected chi connectivity index (χ1v) is 10.4. The molecule has 4 aliphatic rings. The minimum absolute atomic E-state index is 0.00109. The number of rotatable bonds is 2. The van der Waals surface area contributed by atoms with Crippen LogP contribution in [-0.4, -0.2) is 23.1 Å². The second kappa shape index (κ2) is 6.01. The van der Waals surface area contributed by atoms with Gasteiger partial charge in [0.1, 0.15) is 0 Å². The molecule has 28 heavy (non-hydrogen) atoms. The lowest BCUT2D eigenvalue weighted by Crippen LogP contribution is -2.58. The molecule has 0 radical (unpaired) electrons. The third-order valence-corrected chi connectivity index (χ3v) is 8.47. The van der Waals surface area contributed by atoms with Crippen LogP contribution in [0.3, 0.4) is 0 Å². The summed E-state index contributed by atoms with van der Waals surface area (Å²) in [4.78, 5) is 36.8. The minimum atomic E-state index is -1.22. The van der Waals surface area contributed by atoms with Crippen LogP contribution in [0, 0.1) is 28.6 Å². The molecule has 150 valence electrons. The van der Waals surface area contributed by atoms with Crippen molar-refractivity contribution in [3.05, 3.63) is 36.0 Å². The molecular formula is C24H30O4. The van der Waals surface area contributed by atoms with Crippen LogP contribution in [0.5, 0.6) is 0 Å². The highest BCUT2D eigenvalue weighted by Gasteiger charge is 2.69. The van der Waals surface area contributed by atoms with E-state index in [0.717, 1.165) is 30.4 Å². The van der Waals surface area contributed by atoms with Gasteiger partial charge in [-0.1, -0.05) is 32.6 Å². The van der Waals surface area contributed by atoms with Crippen molar-refractivity contribution in [1.82, 2.24) is 0 Å². The number of ketones is 2. The summed E-state index contributed by atoms with van der Waals surface area (Å²) < 4.78 is 5.80. The molecule has 4 heteroatoms. The molecule has 0 aromatic heterocycles. The number of carbonyl (C=O) groups is 3. The number of esters is 1. The number of Topliss-reactive ketones (excluding diaryl/α,β-unsaturated/α-hetero) is 1. The van der Waals surface area contributed by atoms with Gasteiger partial charge in [-0.2, -0.15) is 0 Å². The maximum atomic E-state index is 12.9. The first kappa shape index (κ1) is 19.4. The van der Waals surface area contributed by atoms with Gasteiger partial charge < -0.3 is 4.74 Å². The Morgan fingerprint density at radius 3 is 2.54 bits per heavy atom. The van der Waals surface area contributed by atoms with Gasteiger partial charge >= 0.3 is 5.97 Å². The topological polar surface area (TPSA) is 60.4 Å². The van der Waals surface area contributed by atoms with Crippen molar-refractivity contribution in [2.45, 2.75) is 65.4 Å². The van der Waals surface area contributed by atoms with E-state index in [4.69, 9.17) is 4.74 Å². The molecule has 4 aliphatic carbocycles. The zero-order chi connectivity index (χ0) is 20.5. The molecule has 0 spiro atoms. The molecule has 0 heterocycles. The average molecular weight is 383 g/mol. The summed E-state index contributed by atoms with van der Waals surface area (Å²) in [6.45, 7) is 11.5. The summed E-state index contributed by atoms with van der Waals surface area (Å²) in [7, 11) is 0. The van der Waals surface area contributed by atoms with Crippen molar-refractivity contribution >= 4 is 17.5 Å². The Kier molecular flexibility index (Phi) is 4.16. The molecule has 4 rings (SSSR count). The Balaban J connectivity index is 1.80. The minimum Gasteiger partial charge on any atom is -0.446 e. The maximum absolute atomic E-state index is 12.9. The SMILES string of the molecule is C=C1C[C@H]2[C@@H]3C=CC4=CC(=O)CC[C@@]4(C)[C@@H]3CC[C@]2(C)[C@@]1(OC(C)=O)C(C)=O. The van der Waals surface area contributed by atoms with Crippen LogP contribution in [0.15, 0.2) is 36.0 Å². The molecule has 0 aliphatic heterocycles. The van der Waals surface area contributed by atoms with Crippen LogP contribution >= 0.6 is 0 Å². The highest BCUT2D eigenvalue weighted by atomic mass is 16.6. The van der Waals surface area contributed by atoms with Gasteiger partial charge in [-0.25, -0.2) is 0 Å². The number of ether oxygens (including phenoxy) is 1. The first-order valence-electron chi connectivity index (χ1n) is 10.4. The summed E-state index contributed by atoms with van der Waals surface area (Å²) in [5, 5.41) is 0. The van der Waals surface area contributed by atoms with Gasteiger partial charge in [0, 0.05) is 18.8 Å². The predicted molar refractivity (Wildman–Crippen MR) is 106 cm³/mol. The molecule has 0 unspecified atom stereocenters. The Morgan fingerprint density at radius 1 is 1.18 bits per heavy atom. The van der Waals surface area contributed by atoms with Crippen molar-refractivity contribution < 1.29 is 19.1 Å². The maximum Gasteiger partial charge on any atom is 0.303 e. The Hall–Kier alpha value is -1.97. The van der Waals surface area contributed by atoms with E-state index in [2.05, 4.69) is 32.6 Å². The Bertz CT molecular complexity index is 849. The van der Waals surface area contributed by atoms with E-state index in [1.54, 1.807) is 0 Å². The summed E-state index contributed by atoms with van der Waals surface area (Å²) >= 11 is 0. The third-order valence-electron chi connectivity index (χ3n) is 8.47. The molecule has 2 saturated carbocycles. The van der Waals surface area contributed by atoms with Crippen molar-refractivity contribution in [2.24, 2.45) is 28.6 Å². The lowest BCUT2D eigenvalue weighted by molar-refractivity contribution is -0.179. The Morgan fingerprint density at radius 2 is 1.89 bits per heavy atom. The van der Waals surface area contributed by atoms with Crippen molar-refractivity contribution in [1.29, 1.82) is 0 Å². The molecule has 4 nitrogen and oxygen atoms in total. The first-order chi connectivity index (χ1) is 13.1.